The van der Waals surface area contributed by atoms with Crippen LogP contribution in [0, 0.1) is 17.4 Å². The highest BCUT2D eigenvalue weighted by atomic mass is 127. The number of hydrogen-bond acceptors (Lipinski definition) is 3. The van der Waals surface area contributed by atoms with E-state index in [2.05, 4.69) is 50.8 Å². The number of aryl methyl sites for hydroxylation is 2. The van der Waals surface area contributed by atoms with Gasteiger partial charge in [0, 0.05) is 15.2 Å². The number of rotatable bonds is 1. The second-order valence-electron chi connectivity index (χ2n) is 4.28. The van der Waals surface area contributed by atoms with Gasteiger partial charge in [-0.15, -0.1) is 10.2 Å². The van der Waals surface area contributed by atoms with Gasteiger partial charge >= 0.3 is 0 Å². The van der Waals surface area contributed by atoms with Gasteiger partial charge in [0.15, 0.2) is 11.5 Å². The molecule has 0 bridgehead atoms. The Labute approximate surface area is 129 Å². The van der Waals surface area contributed by atoms with Gasteiger partial charge in [0.25, 0.3) is 0 Å². The van der Waals surface area contributed by atoms with Crippen molar-refractivity contribution in [3.05, 3.63) is 44.4 Å². The minimum atomic E-state index is 0.433. The predicted molar refractivity (Wildman–Crippen MR) is 83.4 cm³/mol. The molecule has 0 aliphatic heterocycles. The number of benzene rings is 1. The van der Waals surface area contributed by atoms with Crippen LogP contribution in [-0.4, -0.2) is 19.6 Å². The summed E-state index contributed by atoms with van der Waals surface area (Å²) in [4.78, 5) is 4.26. The molecule has 6 heteroatoms. The van der Waals surface area contributed by atoms with Crippen LogP contribution in [0.2, 0.25) is 5.15 Å². The molecule has 4 nitrogen and oxygen atoms in total. The minimum Gasteiger partial charge on any atom is -0.263 e. The highest BCUT2D eigenvalue weighted by Gasteiger charge is 2.14. The molecule has 0 aliphatic carbocycles. The lowest BCUT2D eigenvalue weighted by atomic mass is 10.1. The molecule has 0 N–H and O–H groups in total. The van der Waals surface area contributed by atoms with Crippen LogP contribution < -0.4 is 0 Å². The summed E-state index contributed by atoms with van der Waals surface area (Å²) in [6.07, 6.45) is 0. The normalized spacial score (nSPS) is 11.2. The van der Waals surface area contributed by atoms with E-state index >= 15 is 0 Å². The Kier molecular flexibility index (Phi) is 3.18. The van der Waals surface area contributed by atoms with E-state index in [1.807, 2.05) is 23.5 Å². The molecule has 0 fully saturated rings. The fourth-order valence-corrected chi connectivity index (χ4v) is 2.87. The largest absolute Gasteiger partial charge is 0.263 e. The van der Waals surface area contributed by atoms with E-state index in [1.54, 1.807) is 6.07 Å². The van der Waals surface area contributed by atoms with E-state index < -0.39 is 0 Å². The van der Waals surface area contributed by atoms with E-state index in [0.29, 0.717) is 10.8 Å². The monoisotopic (exact) mass is 384 g/mol. The van der Waals surface area contributed by atoms with E-state index in [9.17, 15) is 0 Å². The van der Waals surface area contributed by atoms with E-state index in [4.69, 9.17) is 11.6 Å². The molecule has 19 heavy (non-hydrogen) atoms. The highest BCUT2D eigenvalue weighted by Crippen LogP contribution is 2.27. The van der Waals surface area contributed by atoms with Crippen LogP contribution in [0.25, 0.3) is 17.0 Å². The lowest BCUT2D eigenvalue weighted by Gasteiger charge is -2.07. The average molecular weight is 385 g/mol. The van der Waals surface area contributed by atoms with Gasteiger partial charge in [-0.2, -0.15) is 0 Å². The summed E-state index contributed by atoms with van der Waals surface area (Å²) in [7, 11) is 0. The Morgan fingerprint density at radius 3 is 2.79 bits per heavy atom. The van der Waals surface area contributed by atoms with Crippen LogP contribution in [0.3, 0.4) is 0 Å². The third-order valence-corrected chi connectivity index (χ3v) is 4.59. The Morgan fingerprint density at radius 2 is 2.00 bits per heavy atom. The molecule has 3 aromatic rings. The predicted octanol–water partition coefficient (Wildman–Crippen LogP) is 3.67. The molecule has 0 atom stereocenters. The van der Waals surface area contributed by atoms with Crippen LogP contribution in [0.5, 0.6) is 0 Å². The average Bonchev–Trinajstić information content (AvgIpc) is 2.76. The van der Waals surface area contributed by atoms with Crippen molar-refractivity contribution >= 4 is 39.8 Å². The molecule has 0 saturated carbocycles. The fraction of sp³-hybridized carbons (Fsp3) is 0.154. The summed E-state index contributed by atoms with van der Waals surface area (Å²) in [6.45, 7) is 3.98. The van der Waals surface area contributed by atoms with Gasteiger partial charge in [-0.05, 0) is 42.0 Å². The van der Waals surface area contributed by atoms with Crippen molar-refractivity contribution in [1.82, 2.24) is 19.6 Å². The van der Waals surface area contributed by atoms with Gasteiger partial charge in [0.1, 0.15) is 11.0 Å². The maximum atomic E-state index is 5.94. The van der Waals surface area contributed by atoms with Crippen LogP contribution in [0.15, 0.2) is 24.3 Å². The number of halogens is 2. The van der Waals surface area contributed by atoms with Gasteiger partial charge in [-0.25, -0.2) is 4.98 Å². The standard InChI is InChI=1S/C13H10ClIN4/c1-7-4-3-5-9(12(7)15)13-18-17-11-6-10(14)16-8(2)19(11)13/h3-6H,1-2H3. The fourth-order valence-electron chi connectivity index (χ4n) is 2.05. The first-order valence-corrected chi connectivity index (χ1v) is 7.17. The van der Waals surface area contributed by atoms with Crippen molar-refractivity contribution in [3.8, 4) is 11.4 Å². The van der Waals surface area contributed by atoms with Crippen molar-refractivity contribution in [2.24, 2.45) is 0 Å². The molecule has 0 aliphatic rings. The number of aromatic nitrogens is 4. The summed E-state index contributed by atoms with van der Waals surface area (Å²) in [6, 6.07) is 7.86. The number of fused-ring (bicyclic) bond motifs is 1. The summed E-state index contributed by atoms with van der Waals surface area (Å²) in [5.41, 5.74) is 2.99. The second kappa shape index (κ2) is 4.72. The molecule has 0 amide bonds. The van der Waals surface area contributed by atoms with Crippen molar-refractivity contribution in [1.29, 1.82) is 0 Å². The van der Waals surface area contributed by atoms with Gasteiger partial charge in [0.05, 0.1) is 0 Å². The zero-order chi connectivity index (χ0) is 13.6. The lowest BCUT2D eigenvalue weighted by molar-refractivity contribution is 0.987. The van der Waals surface area contributed by atoms with E-state index in [1.165, 1.54) is 9.13 Å². The molecule has 0 radical (unpaired) electrons. The summed E-state index contributed by atoms with van der Waals surface area (Å²) in [5.74, 6) is 1.57. The molecule has 0 unspecified atom stereocenters. The molecular weight excluding hydrogens is 375 g/mol. The van der Waals surface area contributed by atoms with Crippen LogP contribution >= 0.6 is 34.2 Å². The smallest absolute Gasteiger partial charge is 0.170 e. The zero-order valence-electron chi connectivity index (χ0n) is 10.4. The molecule has 0 spiro atoms. The third kappa shape index (κ3) is 2.10. The van der Waals surface area contributed by atoms with Crippen LogP contribution in [-0.2, 0) is 0 Å². The van der Waals surface area contributed by atoms with E-state index in [0.717, 1.165) is 17.2 Å². The molecule has 2 aromatic heterocycles. The van der Waals surface area contributed by atoms with Gasteiger partial charge in [-0.1, -0.05) is 29.8 Å². The van der Waals surface area contributed by atoms with Crippen molar-refractivity contribution in [2.45, 2.75) is 13.8 Å². The number of hydrogen-bond donors (Lipinski definition) is 0. The Morgan fingerprint density at radius 1 is 1.21 bits per heavy atom. The molecule has 1 aromatic carbocycles. The van der Waals surface area contributed by atoms with Gasteiger partial charge in [0.2, 0.25) is 0 Å². The number of nitrogens with zero attached hydrogens (tertiary/aromatic N) is 4. The Hall–Kier alpha value is -1.21. The van der Waals surface area contributed by atoms with Crippen molar-refractivity contribution < 1.29 is 0 Å². The van der Waals surface area contributed by atoms with Crippen LogP contribution in [0.1, 0.15) is 11.4 Å². The Balaban J connectivity index is 2.35. The zero-order valence-corrected chi connectivity index (χ0v) is 13.3. The van der Waals surface area contributed by atoms with Crippen molar-refractivity contribution in [3.63, 3.8) is 0 Å². The molecule has 0 saturated heterocycles. The summed E-state index contributed by atoms with van der Waals surface area (Å²) < 4.78 is 3.09. The van der Waals surface area contributed by atoms with Crippen LogP contribution in [0.4, 0.5) is 0 Å². The third-order valence-electron chi connectivity index (χ3n) is 2.96. The first-order valence-electron chi connectivity index (χ1n) is 5.71. The quantitative estimate of drug-likeness (QED) is 0.475. The molecule has 2 heterocycles. The maximum absolute atomic E-state index is 5.94. The molecule has 3 rings (SSSR count). The summed E-state index contributed by atoms with van der Waals surface area (Å²) in [5, 5.41) is 8.88. The SMILES string of the molecule is Cc1cccc(-c2nnc3cc(Cl)nc(C)n23)c1I. The van der Waals surface area contributed by atoms with Crippen molar-refractivity contribution in [2.75, 3.05) is 0 Å². The van der Waals surface area contributed by atoms with E-state index in [-0.39, 0.29) is 0 Å². The molecule has 96 valence electrons. The maximum Gasteiger partial charge on any atom is 0.170 e. The molecular formula is C13H10ClIN4. The topological polar surface area (TPSA) is 43.1 Å². The second-order valence-corrected chi connectivity index (χ2v) is 5.75. The Bertz CT molecular complexity index is 782. The highest BCUT2D eigenvalue weighted by molar-refractivity contribution is 14.1. The minimum absolute atomic E-state index is 0.433. The van der Waals surface area contributed by atoms with Gasteiger partial charge < -0.3 is 0 Å². The first-order chi connectivity index (χ1) is 9.08. The van der Waals surface area contributed by atoms with Gasteiger partial charge in [-0.3, -0.25) is 4.40 Å². The first kappa shape index (κ1) is 12.8. The summed E-state index contributed by atoms with van der Waals surface area (Å²) >= 11 is 8.27. The lowest BCUT2D eigenvalue weighted by Crippen LogP contribution is -1.99.